The Morgan fingerprint density at radius 3 is 2.88 bits per heavy atom. The molecule has 2 aromatic heterocycles. The third-order valence-corrected chi connectivity index (χ3v) is 4.57. The lowest BCUT2D eigenvalue weighted by atomic mass is 10.0. The molecule has 1 N–H and O–H groups in total. The molecule has 0 aliphatic heterocycles. The number of aromatic nitrogens is 4. The van der Waals surface area contributed by atoms with Gasteiger partial charge in [0.2, 0.25) is 11.7 Å². The smallest absolute Gasteiger partial charge is 0.255 e. The predicted molar refractivity (Wildman–Crippen MR) is 90.9 cm³/mol. The van der Waals surface area contributed by atoms with Gasteiger partial charge in [-0.3, -0.25) is 9.48 Å². The Bertz CT molecular complexity index is 956. The first-order chi connectivity index (χ1) is 12.0. The number of hydrogen-bond acceptors (Lipinski definition) is 5. The average molecular weight is 337 g/mol. The molecule has 0 spiro atoms. The van der Waals surface area contributed by atoms with Crippen LogP contribution in [0.25, 0.3) is 11.4 Å². The summed E-state index contributed by atoms with van der Waals surface area (Å²) in [6.45, 7) is 3.62. The monoisotopic (exact) mass is 337 g/mol. The maximum Gasteiger partial charge on any atom is 0.255 e. The zero-order chi connectivity index (χ0) is 17.6. The number of carbonyl (C=O) groups is 1. The van der Waals surface area contributed by atoms with Crippen molar-refractivity contribution in [2.24, 2.45) is 7.05 Å². The van der Waals surface area contributed by atoms with E-state index >= 15 is 0 Å². The summed E-state index contributed by atoms with van der Waals surface area (Å²) in [5.41, 5.74) is 4.66. The third kappa shape index (κ3) is 2.82. The van der Waals surface area contributed by atoms with E-state index in [0.717, 1.165) is 29.7 Å². The third-order valence-electron chi connectivity index (χ3n) is 4.57. The van der Waals surface area contributed by atoms with Crippen LogP contribution in [0.4, 0.5) is 0 Å². The van der Waals surface area contributed by atoms with Crippen LogP contribution in [-0.2, 0) is 13.5 Å². The van der Waals surface area contributed by atoms with E-state index in [1.807, 2.05) is 26.1 Å². The van der Waals surface area contributed by atoms with Gasteiger partial charge in [0.15, 0.2) is 0 Å². The molecule has 0 unspecified atom stereocenters. The zero-order valence-electron chi connectivity index (χ0n) is 14.4. The Labute approximate surface area is 145 Å². The molecule has 1 aromatic carbocycles. The Morgan fingerprint density at radius 1 is 1.36 bits per heavy atom. The van der Waals surface area contributed by atoms with Gasteiger partial charge in [0.05, 0.1) is 17.3 Å². The zero-order valence-corrected chi connectivity index (χ0v) is 14.4. The summed E-state index contributed by atoms with van der Waals surface area (Å²) in [5.74, 6) is 1.06. The van der Waals surface area contributed by atoms with Crippen LogP contribution in [0.1, 0.15) is 45.5 Å². The Kier molecular flexibility index (Phi) is 3.63. The fourth-order valence-corrected chi connectivity index (χ4v) is 3.38. The summed E-state index contributed by atoms with van der Waals surface area (Å²) in [5, 5.41) is 11.3. The minimum absolute atomic E-state index is 0.0168. The van der Waals surface area contributed by atoms with Crippen LogP contribution in [0.3, 0.4) is 0 Å². The van der Waals surface area contributed by atoms with Gasteiger partial charge in [-0.1, -0.05) is 17.3 Å². The molecule has 0 saturated heterocycles. The topological polar surface area (TPSA) is 85.8 Å². The largest absolute Gasteiger partial charge is 0.345 e. The molecule has 0 saturated carbocycles. The van der Waals surface area contributed by atoms with Crippen LogP contribution in [0.2, 0.25) is 0 Å². The molecular formula is C18H19N5O2. The lowest BCUT2D eigenvalue weighted by Crippen LogP contribution is -2.27. The number of nitrogens with zero attached hydrogens (tertiary/aromatic N) is 4. The van der Waals surface area contributed by atoms with Crippen LogP contribution in [0, 0.1) is 13.8 Å². The van der Waals surface area contributed by atoms with Crippen molar-refractivity contribution >= 4 is 5.91 Å². The fourth-order valence-electron chi connectivity index (χ4n) is 3.38. The van der Waals surface area contributed by atoms with Crippen molar-refractivity contribution in [1.29, 1.82) is 0 Å². The number of carbonyl (C=O) groups excluding carboxylic acids is 1. The number of hydrogen-bond donors (Lipinski definition) is 1. The Balaban J connectivity index is 1.56. The van der Waals surface area contributed by atoms with E-state index in [2.05, 4.69) is 26.6 Å². The van der Waals surface area contributed by atoms with Gasteiger partial charge in [-0.15, -0.1) is 0 Å². The number of benzene rings is 1. The number of aryl methyl sites for hydroxylation is 4. The summed E-state index contributed by atoms with van der Waals surface area (Å²) < 4.78 is 6.71. The summed E-state index contributed by atoms with van der Waals surface area (Å²) in [4.78, 5) is 16.8. The minimum atomic E-state index is -0.0821. The summed E-state index contributed by atoms with van der Waals surface area (Å²) >= 11 is 0. The molecule has 1 amide bonds. The van der Waals surface area contributed by atoms with E-state index in [4.69, 9.17) is 4.52 Å². The maximum atomic E-state index is 12.5. The average Bonchev–Trinajstić information content (AvgIpc) is 3.26. The van der Waals surface area contributed by atoms with Crippen LogP contribution < -0.4 is 5.32 Å². The molecule has 1 aliphatic rings. The van der Waals surface area contributed by atoms with Gasteiger partial charge in [0.25, 0.3) is 5.91 Å². The summed E-state index contributed by atoms with van der Waals surface area (Å²) in [6, 6.07) is 6.12. The SMILES string of the molecule is Cc1nc(-c2ccc3c(c2)CC[C@H]3NC(=O)c2cn(C)nc2C)no1. The quantitative estimate of drug-likeness (QED) is 0.793. The molecule has 7 nitrogen and oxygen atoms in total. The number of amides is 1. The molecule has 3 aromatic rings. The molecule has 0 radical (unpaired) electrons. The van der Waals surface area contributed by atoms with Gasteiger partial charge in [-0.2, -0.15) is 10.1 Å². The van der Waals surface area contributed by atoms with E-state index in [-0.39, 0.29) is 11.9 Å². The van der Waals surface area contributed by atoms with E-state index < -0.39 is 0 Å². The van der Waals surface area contributed by atoms with Crippen molar-refractivity contribution in [2.45, 2.75) is 32.7 Å². The molecule has 1 atom stereocenters. The number of nitrogens with one attached hydrogen (secondary N) is 1. The van der Waals surface area contributed by atoms with Gasteiger partial charge in [0.1, 0.15) is 0 Å². The highest BCUT2D eigenvalue weighted by atomic mass is 16.5. The highest BCUT2D eigenvalue weighted by Gasteiger charge is 2.26. The van der Waals surface area contributed by atoms with Crippen molar-refractivity contribution in [3.8, 4) is 11.4 Å². The van der Waals surface area contributed by atoms with Crippen molar-refractivity contribution in [1.82, 2.24) is 25.2 Å². The molecule has 0 bridgehead atoms. The second-order valence-corrected chi connectivity index (χ2v) is 6.42. The van der Waals surface area contributed by atoms with Crippen molar-refractivity contribution < 1.29 is 9.32 Å². The molecule has 7 heteroatoms. The first-order valence-corrected chi connectivity index (χ1v) is 8.26. The van der Waals surface area contributed by atoms with Crippen molar-refractivity contribution in [2.75, 3.05) is 0 Å². The molecular weight excluding hydrogens is 318 g/mol. The van der Waals surface area contributed by atoms with E-state index in [9.17, 15) is 4.79 Å². The van der Waals surface area contributed by atoms with E-state index in [1.54, 1.807) is 17.8 Å². The molecule has 0 fully saturated rings. The standard InChI is InChI=1S/C18H19N5O2/c1-10-15(9-23(3)21-10)18(24)20-16-7-5-12-8-13(4-6-14(12)16)17-19-11(2)25-22-17/h4,6,8-9,16H,5,7H2,1-3H3,(H,20,24)/t16-/m1/s1. The first kappa shape index (κ1) is 15.6. The number of rotatable bonds is 3. The van der Waals surface area contributed by atoms with Crippen molar-refractivity contribution in [3.63, 3.8) is 0 Å². The Hall–Kier alpha value is -2.96. The van der Waals surface area contributed by atoms with Gasteiger partial charge >= 0.3 is 0 Å². The second-order valence-electron chi connectivity index (χ2n) is 6.42. The van der Waals surface area contributed by atoms with E-state index in [1.165, 1.54) is 5.56 Å². The highest BCUT2D eigenvalue weighted by molar-refractivity contribution is 5.95. The van der Waals surface area contributed by atoms with E-state index in [0.29, 0.717) is 17.3 Å². The highest BCUT2D eigenvalue weighted by Crippen LogP contribution is 2.34. The number of fused-ring (bicyclic) bond motifs is 1. The summed E-state index contributed by atoms with van der Waals surface area (Å²) in [6.07, 6.45) is 3.55. The Morgan fingerprint density at radius 2 is 2.20 bits per heavy atom. The van der Waals surface area contributed by atoms with Crippen LogP contribution in [-0.4, -0.2) is 25.8 Å². The summed E-state index contributed by atoms with van der Waals surface area (Å²) in [7, 11) is 1.82. The van der Waals surface area contributed by atoms with Crippen LogP contribution in [0.15, 0.2) is 28.9 Å². The predicted octanol–water partition coefficient (Wildman–Crippen LogP) is 2.50. The molecule has 2 heterocycles. The normalized spacial score (nSPS) is 16.0. The van der Waals surface area contributed by atoms with Crippen LogP contribution >= 0.6 is 0 Å². The van der Waals surface area contributed by atoms with Gasteiger partial charge in [-0.25, -0.2) is 0 Å². The molecule has 4 rings (SSSR count). The van der Waals surface area contributed by atoms with Gasteiger partial charge in [0, 0.05) is 25.7 Å². The minimum Gasteiger partial charge on any atom is -0.345 e. The van der Waals surface area contributed by atoms with Gasteiger partial charge < -0.3 is 9.84 Å². The fraction of sp³-hybridized carbons (Fsp3) is 0.333. The first-order valence-electron chi connectivity index (χ1n) is 8.26. The second kappa shape index (κ2) is 5.84. The maximum absolute atomic E-state index is 12.5. The molecule has 1 aliphatic carbocycles. The molecule has 25 heavy (non-hydrogen) atoms. The molecule has 128 valence electrons. The lowest BCUT2D eigenvalue weighted by Gasteiger charge is -2.14. The van der Waals surface area contributed by atoms with Crippen LogP contribution in [0.5, 0.6) is 0 Å². The van der Waals surface area contributed by atoms with Gasteiger partial charge in [-0.05, 0) is 37.0 Å². The lowest BCUT2D eigenvalue weighted by molar-refractivity contribution is 0.0936. The van der Waals surface area contributed by atoms with Crippen molar-refractivity contribution in [3.05, 3.63) is 52.7 Å².